The Morgan fingerprint density at radius 3 is 2.68 bits per heavy atom. The molecule has 2 aliphatic rings. The zero-order valence-corrected chi connectivity index (χ0v) is 12.4. The second kappa shape index (κ2) is 4.63. The van der Waals surface area contributed by atoms with Crippen LogP contribution in [0.4, 0.5) is 0 Å². The van der Waals surface area contributed by atoms with Crippen LogP contribution in [-0.4, -0.2) is 19.7 Å². The van der Waals surface area contributed by atoms with Gasteiger partial charge in [-0.15, -0.1) is 0 Å². The van der Waals surface area contributed by atoms with Gasteiger partial charge in [-0.2, -0.15) is 5.10 Å². The van der Waals surface area contributed by atoms with Crippen LogP contribution in [0.2, 0.25) is 0 Å². The number of aromatic nitrogens is 4. The fraction of sp³-hybridized carbons (Fsp3) is 0.389. The normalized spacial score (nSPS) is 18.5. The predicted octanol–water partition coefficient (Wildman–Crippen LogP) is 4.10. The SMILES string of the molecule is c1cnc2c(-c3cn(C4CCC4)nc3C3CC3)nccc2c1. The van der Waals surface area contributed by atoms with E-state index in [0.29, 0.717) is 12.0 Å². The summed E-state index contributed by atoms with van der Waals surface area (Å²) in [5.74, 6) is 0.622. The monoisotopic (exact) mass is 290 g/mol. The number of pyridine rings is 2. The molecular formula is C18H18N4. The van der Waals surface area contributed by atoms with Gasteiger partial charge in [0, 0.05) is 35.5 Å². The van der Waals surface area contributed by atoms with E-state index in [9.17, 15) is 0 Å². The first-order chi connectivity index (χ1) is 10.9. The topological polar surface area (TPSA) is 43.6 Å². The molecule has 0 bridgehead atoms. The molecule has 4 heteroatoms. The number of nitrogens with zero attached hydrogens (tertiary/aromatic N) is 4. The van der Waals surface area contributed by atoms with Crippen molar-refractivity contribution in [3.8, 4) is 11.3 Å². The minimum absolute atomic E-state index is 0.592. The fourth-order valence-corrected chi connectivity index (χ4v) is 3.29. The van der Waals surface area contributed by atoms with Gasteiger partial charge in [0.15, 0.2) is 0 Å². The number of hydrogen-bond donors (Lipinski definition) is 0. The number of hydrogen-bond acceptors (Lipinski definition) is 3. The van der Waals surface area contributed by atoms with Gasteiger partial charge in [-0.1, -0.05) is 6.07 Å². The standard InChI is InChI=1S/C18H18N4/c1-4-14(5-1)22-11-15(16(21-22)13-6-7-13)18-17-12(8-10-20-18)3-2-9-19-17/h2-3,8-11,13-14H,1,4-7H2. The van der Waals surface area contributed by atoms with Crippen LogP contribution in [0.5, 0.6) is 0 Å². The van der Waals surface area contributed by atoms with E-state index < -0.39 is 0 Å². The molecular weight excluding hydrogens is 272 g/mol. The molecule has 22 heavy (non-hydrogen) atoms. The summed E-state index contributed by atoms with van der Waals surface area (Å²) >= 11 is 0. The van der Waals surface area contributed by atoms with Gasteiger partial charge in [-0.3, -0.25) is 14.6 Å². The average Bonchev–Trinajstić information content (AvgIpc) is 3.26. The Labute approximate surface area is 129 Å². The van der Waals surface area contributed by atoms with Gasteiger partial charge < -0.3 is 0 Å². The molecule has 0 saturated heterocycles. The second-order valence-electron chi connectivity index (χ2n) is 6.50. The van der Waals surface area contributed by atoms with Gasteiger partial charge in [-0.05, 0) is 44.2 Å². The van der Waals surface area contributed by atoms with E-state index in [1.807, 2.05) is 24.5 Å². The van der Waals surface area contributed by atoms with E-state index >= 15 is 0 Å². The Kier molecular flexibility index (Phi) is 2.60. The largest absolute Gasteiger partial charge is 0.269 e. The summed E-state index contributed by atoms with van der Waals surface area (Å²) in [5.41, 5.74) is 4.40. The molecule has 3 heterocycles. The molecule has 2 saturated carbocycles. The Morgan fingerprint density at radius 2 is 1.91 bits per heavy atom. The zero-order valence-electron chi connectivity index (χ0n) is 12.4. The smallest absolute Gasteiger partial charge is 0.0999 e. The van der Waals surface area contributed by atoms with Gasteiger partial charge in [-0.25, -0.2) is 0 Å². The van der Waals surface area contributed by atoms with Crippen LogP contribution in [0.1, 0.15) is 49.8 Å². The third-order valence-corrected chi connectivity index (χ3v) is 4.95. The summed E-state index contributed by atoms with van der Waals surface area (Å²) in [6, 6.07) is 6.69. The predicted molar refractivity (Wildman–Crippen MR) is 85.6 cm³/mol. The molecule has 0 spiro atoms. The number of rotatable bonds is 3. The summed E-state index contributed by atoms with van der Waals surface area (Å²) < 4.78 is 2.19. The first kappa shape index (κ1) is 12.3. The Balaban J connectivity index is 1.71. The summed E-state index contributed by atoms with van der Waals surface area (Å²) in [4.78, 5) is 9.22. The molecule has 0 N–H and O–H groups in total. The van der Waals surface area contributed by atoms with Gasteiger partial charge in [0.1, 0.15) is 0 Å². The van der Waals surface area contributed by atoms with Crippen molar-refractivity contribution in [2.75, 3.05) is 0 Å². The van der Waals surface area contributed by atoms with Crippen LogP contribution in [0.15, 0.2) is 36.8 Å². The zero-order chi connectivity index (χ0) is 14.5. The molecule has 5 rings (SSSR count). The maximum atomic E-state index is 4.93. The van der Waals surface area contributed by atoms with Gasteiger partial charge in [0.25, 0.3) is 0 Å². The molecule has 0 amide bonds. The second-order valence-corrected chi connectivity index (χ2v) is 6.50. The van der Waals surface area contributed by atoms with E-state index in [2.05, 4.69) is 26.9 Å². The molecule has 2 fully saturated rings. The third kappa shape index (κ3) is 1.86. The van der Waals surface area contributed by atoms with E-state index in [-0.39, 0.29) is 0 Å². The summed E-state index contributed by atoms with van der Waals surface area (Å²) in [6.07, 6.45) is 12.3. The molecule has 0 aromatic carbocycles. The van der Waals surface area contributed by atoms with Crippen molar-refractivity contribution in [2.45, 2.75) is 44.1 Å². The quantitative estimate of drug-likeness (QED) is 0.729. The lowest BCUT2D eigenvalue weighted by atomic mass is 9.93. The first-order valence-corrected chi connectivity index (χ1v) is 8.19. The van der Waals surface area contributed by atoms with Crippen LogP contribution < -0.4 is 0 Å². The highest BCUT2D eigenvalue weighted by Crippen LogP contribution is 2.45. The van der Waals surface area contributed by atoms with Gasteiger partial charge in [0.05, 0.1) is 22.9 Å². The number of fused-ring (bicyclic) bond motifs is 1. The molecule has 0 aliphatic heterocycles. The van der Waals surface area contributed by atoms with Crippen molar-refractivity contribution in [1.29, 1.82) is 0 Å². The van der Waals surface area contributed by atoms with Gasteiger partial charge in [0.2, 0.25) is 0 Å². The lowest BCUT2D eigenvalue weighted by molar-refractivity contribution is 0.288. The van der Waals surface area contributed by atoms with Crippen molar-refractivity contribution in [3.63, 3.8) is 0 Å². The molecule has 4 nitrogen and oxygen atoms in total. The minimum atomic E-state index is 0.592. The highest BCUT2D eigenvalue weighted by atomic mass is 15.3. The lowest BCUT2D eigenvalue weighted by Gasteiger charge is -2.25. The highest BCUT2D eigenvalue weighted by Gasteiger charge is 2.32. The maximum Gasteiger partial charge on any atom is 0.0999 e. The van der Waals surface area contributed by atoms with Crippen LogP contribution in [0, 0.1) is 0 Å². The molecule has 3 aromatic rings. The summed E-state index contributed by atoms with van der Waals surface area (Å²) in [5, 5.41) is 6.07. The molecule has 3 aromatic heterocycles. The molecule has 110 valence electrons. The molecule has 0 unspecified atom stereocenters. The highest BCUT2D eigenvalue weighted by molar-refractivity contribution is 5.91. The third-order valence-electron chi connectivity index (χ3n) is 4.95. The minimum Gasteiger partial charge on any atom is -0.269 e. The van der Waals surface area contributed by atoms with E-state index in [0.717, 1.165) is 16.6 Å². The van der Waals surface area contributed by atoms with Crippen molar-refractivity contribution in [1.82, 2.24) is 19.7 Å². The van der Waals surface area contributed by atoms with E-state index in [1.165, 1.54) is 43.4 Å². The van der Waals surface area contributed by atoms with Crippen LogP contribution >= 0.6 is 0 Å². The first-order valence-electron chi connectivity index (χ1n) is 8.19. The molecule has 2 aliphatic carbocycles. The Bertz CT molecular complexity index is 838. The van der Waals surface area contributed by atoms with Gasteiger partial charge >= 0.3 is 0 Å². The molecule has 0 atom stereocenters. The maximum absolute atomic E-state index is 4.93. The Morgan fingerprint density at radius 1 is 1.00 bits per heavy atom. The summed E-state index contributed by atoms with van der Waals surface area (Å²) in [7, 11) is 0. The summed E-state index contributed by atoms with van der Waals surface area (Å²) in [6.45, 7) is 0. The van der Waals surface area contributed by atoms with Crippen molar-refractivity contribution < 1.29 is 0 Å². The van der Waals surface area contributed by atoms with E-state index in [1.54, 1.807) is 0 Å². The van der Waals surface area contributed by atoms with E-state index in [4.69, 9.17) is 5.10 Å². The van der Waals surface area contributed by atoms with Crippen molar-refractivity contribution in [2.24, 2.45) is 0 Å². The Hall–Kier alpha value is -2.23. The van der Waals surface area contributed by atoms with Crippen LogP contribution in [-0.2, 0) is 0 Å². The molecule has 0 radical (unpaired) electrons. The average molecular weight is 290 g/mol. The van der Waals surface area contributed by atoms with Crippen molar-refractivity contribution in [3.05, 3.63) is 42.5 Å². The van der Waals surface area contributed by atoms with Crippen molar-refractivity contribution >= 4 is 10.9 Å². The van der Waals surface area contributed by atoms with Crippen LogP contribution in [0.3, 0.4) is 0 Å². The fourth-order valence-electron chi connectivity index (χ4n) is 3.29. The lowest BCUT2D eigenvalue weighted by Crippen LogP contribution is -2.17. The van der Waals surface area contributed by atoms with Crippen LogP contribution in [0.25, 0.3) is 22.2 Å².